The Morgan fingerprint density at radius 1 is 0.963 bits per heavy atom. The fourth-order valence-electron chi connectivity index (χ4n) is 3.19. The number of nitrogens with one attached hydrogen (secondary N) is 1. The minimum atomic E-state index is -0.0581. The Balaban J connectivity index is 1.41. The van der Waals surface area contributed by atoms with Crippen LogP contribution in [-0.4, -0.2) is 54.1 Å². The third-order valence-corrected chi connectivity index (χ3v) is 4.90. The Kier molecular flexibility index (Phi) is 6.74. The molecule has 0 aliphatic carbocycles. The Hall–Kier alpha value is -2.50. The van der Waals surface area contributed by atoms with Crippen molar-refractivity contribution in [2.45, 2.75) is 20.4 Å². The van der Waals surface area contributed by atoms with Crippen molar-refractivity contribution in [1.82, 2.24) is 15.2 Å². The van der Waals surface area contributed by atoms with Gasteiger partial charge < -0.3 is 0 Å². The number of hydrazone groups is 1. The molecule has 1 N–H and O–H groups in total. The molecule has 0 atom stereocenters. The van der Waals surface area contributed by atoms with Gasteiger partial charge in [0.15, 0.2) is 0 Å². The lowest BCUT2D eigenvalue weighted by Gasteiger charge is -2.34. The van der Waals surface area contributed by atoms with E-state index in [1.165, 1.54) is 11.1 Å². The summed E-state index contributed by atoms with van der Waals surface area (Å²) in [6.07, 6.45) is 0. The minimum absolute atomic E-state index is 0.0581. The van der Waals surface area contributed by atoms with E-state index in [2.05, 4.69) is 51.5 Å². The first-order valence-corrected chi connectivity index (χ1v) is 9.49. The predicted molar refractivity (Wildman–Crippen MR) is 110 cm³/mol. The maximum Gasteiger partial charge on any atom is 0.254 e. The molecule has 0 aromatic heterocycles. The van der Waals surface area contributed by atoms with Gasteiger partial charge in [0.2, 0.25) is 0 Å². The van der Waals surface area contributed by atoms with Gasteiger partial charge in [-0.15, -0.1) is 0 Å². The van der Waals surface area contributed by atoms with E-state index in [0.29, 0.717) is 6.54 Å². The molecule has 5 nitrogen and oxygen atoms in total. The normalized spacial score (nSPS) is 16.3. The van der Waals surface area contributed by atoms with Crippen LogP contribution < -0.4 is 5.43 Å². The van der Waals surface area contributed by atoms with Gasteiger partial charge in [-0.2, -0.15) is 5.10 Å². The third-order valence-electron chi connectivity index (χ3n) is 4.90. The van der Waals surface area contributed by atoms with E-state index >= 15 is 0 Å². The van der Waals surface area contributed by atoms with Crippen molar-refractivity contribution in [3.05, 3.63) is 71.3 Å². The van der Waals surface area contributed by atoms with E-state index in [-0.39, 0.29) is 5.91 Å². The highest BCUT2D eigenvalue weighted by atomic mass is 16.2. The van der Waals surface area contributed by atoms with Crippen molar-refractivity contribution in [2.75, 3.05) is 32.7 Å². The van der Waals surface area contributed by atoms with Crippen molar-refractivity contribution in [3.63, 3.8) is 0 Å². The van der Waals surface area contributed by atoms with Gasteiger partial charge in [0.1, 0.15) is 0 Å². The number of carbonyl (C=O) groups is 1. The molecule has 0 radical (unpaired) electrons. The topological polar surface area (TPSA) is 47.9 Å². The van der Waals surface area contributed by atoms with Gasteiger partial charge in [0, 0.05) is 32.7 Å². The largest absolute Gasteiger partial charge is 0.297 e. The molecule has 0 saturated carbocycles. The van der Waals surface area contributed by atoms with Gasteiger partial charge in [0.25, 0.3) is 5.91 Å². The van der Waals surface area contributed by atoms with E-state index in [0.717, 1.165) is 44.0 Å². The molecule has 2 aromatic carbocycles. The molecule has 1 saturated heterocycles. The molecule has 0 bridgehead atoms. The molecule has 1 amide bonds. The van der Waals surface area contributed by atoms with Crippen LogP contribution in [0.4, 0.5) is 0 Å². The first-order valence-electron chi connectivity index (χ1n) is 9.49. The summed E-state index contributed by atoms with van der Waals surface area (Å²) >= 11 is 0. The lowest BCUT2D eigenvalue weighted by Crippen LogP contribution is -2.48. The van der Waals surface area contributed by atoms with E-state index in [1.54, 1.807) is 0 Å². The van der Waals surface area contributed by atoms with Crippen molar-refractivity contribution in [1.29, 1.82) is 0 Å². The monoisotopic (exact) mass is 364 g/mol. The van der Waals surface area contributed by atoms with Crippen LogP contribution in [0.2, 0.25) is 0 Å². The molecular weight excluding hydrogens is 336 g/mol. The molecule has 142 valence electrons. The Bertz CT molecular complexity index is 763. The van der Waals surface area contributed by atoms with Crippen LogP contribution in [0, 0.1) is 6.92 Å². The van der Waals surface area contributed by atoms with E-state index in [1.807, 2.05) is 37.3 Å². The first kappa shape index (κ1) is 19.3. The molecular formula is C22H28N4O. The zero-order valence-corrected chi connectivity index (χ0v) is 16.2. The molecule has 27 heavy (non-hydrogen) atoms. The van der Waals surface area contributed by atoms with Crippen molar-refractivity contribution >= 4 is 11.6 Å². The van der Waals surface area contributed by atoms with E-state index in [4.69, 9.17) is 0 Å². The quantitative estimate of drug-likeness (QED) is 0.633. The number of hydrogen-bond acceptors (Lipinski definition) is 4. The summed E-state index contributed by atoms with van der Waals surface area (Å²) in [6, 6.07) is 18.6. The number of hydrogen-bond donors (Lipinski definition) is 1. The van der Waals surface area contributed by atoms with Crippen LogP contribution in [0.3, 0.4) is 0 Å². The molecule has 1 heterocycles. The molecule has 5 heteroatoms. The van der Waals surface area contributed by atoms with Crippen LogP contribution in [0.15, 0.2) is 59.7 Å². The molecule has 2 aromatic rings. The molecule has 1 aliphatic rings. The zero-order chi connectivity index (χ0) is 19.1. The maximum absolute atomic E-state index is 12.2. The van der Waals surface area contributed by atoms with Gasteiger partial charge >= 0.3 is 0 Å². The van der Waals surface area contributed by atoms with E-state index in [9.17, 15) is 4.79 Å². The second-order valence-electron chi connectivity index (χ2n) is 7.14. The third kappa shape index (κ3) is 6.01. The van der Waals surface area contributed by atoms with Gasteiger partial charge in [-0.25, -0.2) is 5.43 Å². The Morgan fingerprint density at radius 2 is 1.59 bits per heavy atom. The summed E-state index contributed by atoms with van der Waals surface area (Å²) in [5.41, 5.74) is 7.14. The van der Waals surface area contributed by atoms with Crippen LogP contribution in [0.1, 0.15) is 23.6 Å². The zero-order valence-electron chi connectivity index (χ0n) is 16.2. The predicted octanol–water partition coefficient (Wildman–Crippen LogP) is 2.65. The lowest BCUT2D eigenvalue weighted by molar-refractivity contribution is -0.122. The number of carbonyl (C=O) groups excluding carboxylic acids is 1. The number of rotatable bonds is 6. The Labute approximate surface area is 161 Å². The van der Waals surface area contributed by atoms with Gasteiger partial charge in [-0.1, -0.05) is 60.2 Å². The molecule has 0 unspecified atom stereocenters. The van der Waals surface area contributed by atoms with Crippen molar-refractivity contribution < 1.29 is 4.79 Å². The highest BCUT2D eigenvalue weighted by Gasteiger charge is 2.18. The average Bonchev–Trinajstić information content (AvgIpc) is 2.70. The summed E-state index contributed by atoms with van der Waals surface area (Å²) in [7, 11) is 0. The fourth-order valence-corrected chi connectivity index (χ4v) is 3.19. The summed E-state index contributed by atoms with van der Waals surface area (Å²) < 4.78 is 0. The summed E-state index contributed by atoms with van der Waals surface area (Å²) in [5, 5.41) is 4.22. The summed E-state index contributed by atoms with van der Waals surface area (Å²) in [6.45, 7) is 9.14. The number of piperazine rings is 1. The SMILES string of the molecule is CC(=NNC(=O)CN1CCN(Cc2ccc(C)cc2)CC1)c1ccccc1. The van der Waals surface area contributed by atoms with Gasteiger partial charge in [-0.05, 0) is 25.0 Å². The molecule has 1 aliphatic heterocycles. The van der Waals surface area contributed by atoms with Crippen molar-refractivity contribution in [2.24, 2.45) is 5.10 Å². The number of nitrogens with zero attached hydrogens (tertiary/aromatic N) is 3. The molecule has 1 fully saturated rings. The van der Waals surface area contributed by atoms with Gasteiger partial charge in [0.05, 0.1) is 12.3 Å². The minimum Gasteiger partial charge on any atom is -0.297 e. The number of benzene rings is 2. The molecule has 3 rings (SSSR count). The van der Waals surface area contributed by atoms with Crippen LogP contribution in [-0.2, 0) is 11.3 Å². The van der Waals surface area contributed by atoms with Gasteiger partial charge in [-0.3, -0.25) is 14.6 Å². The van der Waals surface area contributed by atoms with Crippen LogP contribution in [0.5, 0.6) is 0 Å². The van der Waals surface area contributed by atoms with Crippen LogP contribution in [0.25, 0.3) is 0 Å². The average molecular weight is 364 g/mol. The number of amides is 1. The Morgan fingerprint density at radius 3 is 2.26 bits per heavy atom. The highest BCUT2D eigenvalue weighted by molar-refractivity contribution is 5.99. The van der Waals surface area contributed by atoms with E-state index < -0.39 is 0 Å². The second-order valence-corrected chi connectivity index (χ2v) is 7.14. The summed E-state index contributed by atoms with van der Waals surface area (Å²) in [4.78, 5) is 16.8. The first-order chi connectivity index (χ1) is 13.1. The highest BCUT2D eigenvalue weighted by Crippen LogP contribution is 2.09. The lowest BCUT2D eigenvalue weighted by atomic mass is 10.1. The smallest absolute Gasteiger partial charge is 0.254 e. The van der Waals surface area contributed by atoms with Crippen LogP contribution >= 0.6 is 0 Å². The second kappa shape index (κ2) is 9.44. The molecule has 0 spiro atoms. The maximum atomic E-state index is 12.2. The summed E-state index contributed by atoms with van der Waals surface area (Å²) in [5.74, 6) is -0.0581. The number of aryl methyl sites for hydroxylation is 1. The van der Waals surface area contributed by atoms with Crippen molar-refractivity contribution in [3.8, 4) is 0 Å². The standard InChI is InChI=1S/C22H28N4O/c1-18-8-10-20(11-9-18)16-25-12-14-26(15-13-25)17-22(27)24-23-19(2)21-6-4-3-5-7-21/h3-11H,12-17H2,1-2H3,(H,24,27). The fraction of sp³-hybridized carbons (Fsp3) is 0.364.